The van der Waals surface area contributed by atoms with Gasteiger partial charge in [-0.05, 0) is 12.1 Å². The number of non-ortho nitro benzene ring substituents is 1. The van der Waals surface area contributed by atoms with Crippen molar-refractivity contribution in [1.29, 1.82) is 0 Å². The van der Waals surface area contributed by atoms with Gasteiger partial charge in [0.15, 0.2) is 0 Å². The molecular weight excluding hydrogens is 258 g/mol. The van der Waals surface area contributed by atoms with Crippen molar-refractivity contribution in [3.05, 3.63) is 39.9 Å². The Labute approximate surface area is 107 Å². The van der Waals surface area contributed by atoms with Crippen LogP contribution in [0, 0.1) is 10.1 Å². The summed E-state index contributed by atoms with van der Waals surface area (Å²) < 4.78 is 4.97. The first-order valence-corrected chi connectivity index (χ1v) is 5.51. The van der Waals surface area contributed by atoms with Gasteiger partial charge in [-0.25, -0.2) is 0 Å². The summed E-state index contributed by atoms with van der Waals surface area (Å²) >= 11 is 0. The summed E-state index contributed by atoms with van der Waals surface area (Å²) in [6, 6.07) is 4.71. The Balaban J connectivity index is 2.31. The molecule has 8 nitrogen and oxygen atoms in total. The quantitative estimate of drug-likeness (QED) is 0.394. The number of ether oxygens (including phenoxy) is 1. The molecule has 0 saturated carbocycles. The average molecular weight is 271 g/mol. The monoisotopic (exact) mass is 271 g/mol. The Bertz CT molecular complexity index is 476. The molecule has 1 aromatic rings. The minimum atomic E-state index is -2.21. The molecule has 0 radical (unpaired) electrons. The van der Waals surface area contributed by atoms with Gasteiger partial charge in [0.25, 0.3) is 5.69 Å². The zero-order chi connectivity index (χ0) is 14.2. The van der Waals surface area contributed by atoms with Crippen LogP contribution in [0.2, 0.25) is 0 Å². The molecule has 4 N–H and O–H groups in total. The topological polar surface area (TPSA) is 133 Å². The van der Waals surface area contributed by atoms with E-state index < -0.39 is 29.0 Å². The fraction of sp³-hybridized carbons (Fsp3) is 0.455. The maximum atomic E-state index is 10.5. The largest absolute Gasteiger partial charge is 0.388 e. The molecular formula is C11H13NO7. The van der Waals surface area contributed by atoms with Gasteiger partial charge in [-0.3, -0.25) is 10.1 Å². The SMILES string of the molecule is O=[N+]([O-])c1ccc([C@]2(O)OC[C@@H](O)[C@@H](O)[C@@H]2O)cc1. The third-order valence-electron chi connectivity index (χ3n) is 3.08. The fourth-order valence-corrected chi connectivity index (χ4v) is 1.91. The number of nitro benzene ring substituents is 1. The maximum absolute atomic E-state index is 10.5. The van der Waals surface area contributed by atoms with E-state index in [0.29, 0.717) is 0 Å². The lowest BCUT2D eigenvalue weighted by molar-refractivity contribution is -0.385. The van der Waals surface area contributed by atoms with Crippen LogP contribution in [0.25, 0.3) is 0 Å². The molecule has 1 fully saturated rings. The zero-order valence-electron chi connectivity index (χ0n) is 9.71. The molecule has 2 rings (SSSR count). The minimum Gasteiger partial charge on any atom is -0.388 e. The zero-order valence-corrected chi connectivity index (χ0v) is 9.71. The van der Waals surface area contributed by atoms with Crippen LogP contribution in [-0.4, -0.2) is 50.3 Å². The second-order valence-electron chi connectivity index (χ2n) is 4.31. The van der Waals surface area contributed by atoms with E-state index in [4.69, 9.17) is 4.74 Å². The van der Waals surface area contributed by atoms with Crippen LogP contribution in [0.5, 0.6) is 0 Å². The molecule has 1 aromatic carbocycles. The molecule has 1 saturated heterocycles. The molecule has 1 aliphatic rings. The van der Waals surface area contributed by atoms with Crippen molar-refractivity contribution >= 4 is 5.69 Å². The van der Waals surface area contributed by atoms with Crippen molar-refractivity contribution in [2.24, 2.45) is 0 Å². The first kappa shape index (κ1) is 13.8. The Morgan fingerprint density at radius 3 is 2.37 bits per heavy atom. The number of nitrogens with zero attached hydrogens (tertiary/aromatic N) is 1. The minimum absolute atomic E-state index is 0.0524. The van der Waals surface area contributed by atoms with Gasteiger partial charge in [0, 0.05) is 17.7 Å². The van der Waals surface area contributed by atoms with Crippen LogP contribution in [0.15, 0.2) is 24.3 Å². The van der Waals surface area contributed by atoms with Crippen molar-refractivity contribution in [3.8, 4) is 0 Å². The number of aliphatic hydroxyl groups is 4. The van der Waals surface area contributed by atoms with Crippen molar-refractivity contribution in [1.82, 2.24) is 0 Å². The van der Waals surface area contributed by atoms with Gasteiger partial charge in [0.2, 0.25) is 5.79 Å². The molecule has 1 aliphatic heterocycles. The molecule has 0 spiro atoms. The fourth-order valence-electron chi connectivity index (χ4n) is 1.91. The number of benzene rings is 1. The Morgan fingerprint density at radius 2 is 1.84 bits per heavy atom. The van der Waals surface area contributed by atoms with Gasteiger partial charge in [0.1, 0.15) is 18.3 Å². The Morgan fingerprint density at radius 1 is 1.26 bits per heavy atom. The highest BCUT2D eigenvalue weighted by atomic mass is 16.6. The highest BCUT2D eigenvalue weighted by Gasteiger charge is 2.49. The number of nitro groups is 1. The molecule has 104 valence electrons. The highest BCUT2D eigenvalue weighted by Crippen LogP contribution is 2.34. The lowest BCUT2D eigenvalue weighted by atomic mass is 9.91. The van der Waals surface area contributed by atoms with E-state index in [-0.39, 0.29) is 17.9 Å². The second-order valence-corrected chi connectivity index (χ2v) is 4.31. The van der Waals surface area contributed by atoms with Crippen LogP contribution in [0.3, 0.4) is 0 Å². The van der Waals surface area contributed by atoms with Crippen LogP contribution >= 0.6 is 0 Å². The number of rotatable bonds is 2. The van der Waals surface area contributed by atoms with E-state index in [1.54, 1.807) is 0 Å². The van der Waals surface area contributed by atoms with Crippen LogP contribution in [-0.2, 0) is 10.5 Å². The summed E-state index contributed by atoms with van der Waals surface area (Å²) in [5.41, 5.74) is -0.130. The van der Waals surface area contributed by atoms with Gasteiger partial charge in [-0.2, -0.15) is 0 Å². The summed E-state index contributed by atoms with van der Waals surface area (Å²) in [6.45, 7) is -0.369. The van der Waals surface area contributed by atoms with Gasteiger partial charge in [0.05, 0.1) is 11.5 Å². The molecule has 0 bridgehead atoms. The van der Waals surface area contributed by atoms with Crippen LogP contribution < -0.4 is 0 Å². The average Bonchev–Trinajstić information content (AvgIpc) is 2.41. The van der Waals surface area contributed by atoms with Crippen LogP contribution in [0.1, 0.15) is 5.56 Å². The Kier molecular flexibility index (Phi) is 3.52. The van der Waals surface area contributed by atoms with Gasteiger partial charge in [-0.1, -0.05) is 0 Å². The summed E-state index contributed by atoms with van der Waals surface area (Å²) in [7, 11) is 0. The predicted octanol–water partition coefficient (Wildman–Crippen LogP) is -1.15. The van der Waals surface area contributed by atoms with E-state index in [1.165, 1.54) is 12.1 Å². The molecule has 4 atom stereocenters. The normalized spacial score (nSPS) is 35.1. The van der Waals surface area contributed by atoms with E-state index in [0.717, 1.165) is 12.1 Å². The van der Waals surface area contributed by atoms with E-state index in [1.807, 2.05) is 0 Å². The predicted molar refractivity (Wildman–Crippen MR) is 61.0 cm³/mol. The molecule has 0 aromatic heterocycles. The first-order valence-electron chi connectivity index (χ1n) is 5.51. The van der Waals surface area contributed by atoms with Crippen molar-refractivity contribution < 1.29 is 30.1 Å². The molecule has 0 aliphatic carbocycles. The Hall–Kier alpha value is -1.58. The number of hydrogen-bond donors (Lipinski definition) is 4. The number of hydrogen-bond acceptors (Lipinski definition) is 7. The third kappa shape index (κ3) is 2.31. The van der Waals surface area contributed by atoms with E-state index >= 15 is 0 Å². The summed E-state index contributed by atoms with van der Waals surface area (Å²) in [6.07, 6.45) is -4.65. The summed E-state index contributed by atoms with van der Waals surface area (Å²) in [5, 5.41) is 49.4. The summed E-state index contributed by atoms with van der Waals surface area (Å²) in [5.74, 6) is -2.21. The second kappa shape index (κ2) is 4.83. The lowest BCUT2D eigenvalue weighted by Gasteiger charge is -2.41. The third-order valence-corrected chi connectivity index (χ3v) is 3.08. The van der Waals surface area contributed by atoms with Crippen molar-refractivity contribution in [2.75, 3.05) is 6.61 Å². The van der Waals surface area contributed by atoms with Gasteiger partial charge >= 0.3 is 0 Å². The highest BCUT2D eigenvalue weighted by molar-refractivity contribution is 5.35. The maximum Gasteiger partial charge on any atom is 0.269 e. The standard InChI is InChI=1S/C11H13NO7/c13-8-5-19-11(16,10(15)9(8)14)6-1-3-7(4-2-6)12(17)18/h1-4,8-10,13-16H,5H2/t8-,9-,10+,11+/m1/s1. The van der Waals surface area contributed by atoms with Gasteiger partial charge < -0.3 is 25.2 Å². The van der Waals surface area contributed by atoms with E-state index in [2.05, 4.69) is 0 Å². The molecule has 0 amide bonds. The molecule has 19 heavy (non-hydrogen) atoms. The first-order chi connectivity index (χ1) is 8.86. The molecule has 8 heteroatoms. The van der Waals surface area contributed by atoms with E-state index in [9.17, 15) is 30.5 Å². The molecule has 0 unspecified atom stereocenters. The van der Waals surface area contributed by atoms with Gasteiger partial charge in [-0.15, -0.1) is 0 Å². The molecule has 1 heterocycles. The van der Waals surface area contributed by atoms with Crippen molar-refractivity contribution in [2.45, 2.75) is 24.1 Å². The van der Waals surface area contributed by atoms with Crippen LogP contribution in [0.4, 0.5) is 5.69 Å². The summed E-state index contributed by atoms with van der Waals surface area (Å²) in [4.78, 5) is 9.91. The van der Waals surface area contributed by atoms with Crippen molar-refractivity contribution in [3.63, 3.8) is 0 Å². The number of aliphatic hydroxyl groups excluding tert-OH is 3. The lowest BCUT2D eigenvalue weighted by Crippen LogP contribution is -2.58. The smallest absolute Gasteiger partial charge is 0.269 e.